The van der Waals surface area contributed by atoms with Gasteiger partial charge in [0.2, 0.25) is 5.91 Å². The summed E-state index contributed by atoms with van der Waals surface area (Å²) in [6.45, 7) is 0.962. The molecule has 6 heteroatoms. The first-order chi connectivity index (χ1) is 8.54. The maximum Gasteiger partial charge on any atom is 0.239 e. The lowest BCUT2D eigenvalue weighted by molar-refractivity contribution is -0.119. The van der Waals surface area contributed by atoms with Crippen molar-refractivity contribution >= 4 is 17.3 Å². The highest BCUT2D eigenvalue weighted by Crippen LogP contribution is 2.19. The summed E-state index contributed by atoms with van der Waals surface area (Å²) in [4.78, 5) is 13.0. The first kappa shape index (κ1) is 14.2. The number of amides is 1. The van der Waals surface area contributed by atoms with Crippen molar-refractivity contribution < 1.29 is 13.9 Å². The normalized spacial score (nSPS) is 10.2. The summed E-state index contributed by atoms with van der Waals surface area (Å²) in [7, 11) is 3.20. The first-order valence-corrected chi connectivity index (χ1v) is 5.56. The van der Waals surface area contributed by atoms with E-state index in [2.05, 4.69) is 5.32 Å². The Bertz CT molecular complexity index is 412. The van der Waals surface area contributed by atoms with Gasteiger partial charge in [0.05, 0.1) is 18.8 Å². The van der Waals surface area contributed by atoms with Gasteiger partial charge in [0.25, 0.3) is 0 Å². The van der Waals surface area contributed by atoms with E-state index in [-0.39, 0.29) is 12.5 Å². The Morgan fingerprint density at radius 3 is 2.89 bits per heavy atom. The molecule has 0 unspecified atom stereocenters. The molecule has 100 valence electrons. The van der Waals surface area contributed by atoms with Crippen molar-refractivity contribution in [3.63, 3.8) is 0 Å². The number of nitrogens with zero attached hydrogens (tertiary/aromatic N) is 1. The second kappa shape index (κ2) is 6.80. The highest BCUT2D eigenvalue weighted by atomic mass is 19.1. The zero-order valence-electron chi connectivity index (χ0n) is 10.6. The van der Waals surface area contributed by atoms with Gasteiger partial charge in [-0.1, -0.05) is 0 Å². The predicted molar refractivity (Wildman–Crippen MR) is 69.0 cm³/mol. The second-order valence-electron chi connectivity index (χ2n) is 3.91. The van der Waals surface area contributed by atoms with E-state index in [1.807, 2.05) is 0 Å². The number of hydrogen-bond acceptors (Lipinski definition) is 4. The van der Waals surface area contributed by atoms with Gasteiger partial charge < -0.3 is 20.7 Å². The van der Waals surface area contributed by atoms with Crippen LogP contribution in [-0.4, -0.2) is 39.8 Å². The number of carbonyl (C=O) groups is 1. The van der Waals surface area contributed by atoms with Crippen molar-refractivity contribution in [3.05, 3.63) is 24.0 Å². The molecule has 1 amide bonds. The van der Waals surface area contributed by atoms with Crippen LogP contribution in [0.25, 0.3) is 0 Å². The van der Waals surface area contributed by atoms with Crippen molar-refractivity contribution in [2.45, 2.75) is 0 Å². The molecule has 0 aliphatic heterocycles. The Hall–Kier alpha value is -1.82. The van der Waals surface area contributed by atoms with E-state index < -0.39 is 5.82 Å². The molecule has 0 saturated carbocycles. The summed E-state index contributed by atoms with van der Waals surface area (Å²) >= 11 is 0. The van der Waals surface area contributed by atoms with Gasteiger partial charge in [-0.15, -0.1) is 0 Å². The molecule has 1 aromatic carbocycles. The van der Waals surface area contributed by atoms with E-state index in [9.17, 15) is 9.18 Å². The molecule has 3 N–H and O–H groups in total. The molecule has 0 aromatic heterocycles. The third kappa shape index (κ3) is 4.21. The number of nitrogens with two attached hydrogens (primary N) is 1. The topological polar surface area (TPSA) is 67.6 Å². The van der Waals surface area contributed by atoms with Crippen LogP contribution in [0.3, 0.4) is 0 Å². The number of hydrogen-bond donors (Lipinski definition) is 2. The van der Waals surface area contributed by atoms with Crippen molar-refractivity contribution in [1.82, 2.24) is 5.32 Å². The summed E-state index contributed by atoms with van der Waals surface area (Å²) in [6, 6.07) is 4.37. The van der Waals surface area contributed by atoms with Crippen LogP contribution in [0.15, 0.2) is 18.2 Å². The lowest BCUT2D eigenvalue weighted by Gasteiger charge is -2.19. The fraction of sp³-hybridized carbons (Fsp3) is 0.417. The van der Waals surface area contributed by atoms with Crippen LogP contribution in [0.5, 0.6) is 0 Å². The third-order valence-corrected chi connectivity index (χ3v) is 2.39. The maximum atomic E-state index is 13.6. The Morgan fingerprint density at radius 2 is 2.28 bits per heavy atom. The number of ether oxygens (including phenoxy) is 1. The molecule has 1 aromatic rings. The fourth-order valence-electron chi connectivity index (χ4n) is 1.48. The number of nitrogens with one attached hydrogen (secondary N) is 1. The molecule has 1 rings (SSSR count). The van der Waals surface area contributed by atoms with Crippen molar-refractivity contribution in [2.24, 2.45) is 0 Å². The molecule has 0 aliphatic carbocycles. The number of halogens is 1. The molecule has 0 bridgehead atoms. The van der Waals surface area contributed by atoms with Gasteiger partial charge in [0, 0.05) is 26.4 Å². The number of methoxy groups -OCH3 is 1. The smallest absolute Gasteiger partial charge is 0.239 e. The number of carbonyl (C=O) groups excluding carboxylic acids is 1. The minimum Gasteiger partial charge on any atom is -0.399 e. The lowest BCUT2D eigenvalue weighted by atomic mass is 10.2. The molecule has 0 spiro atoms. The molecule has 0 aliphatic rings. The van der Waals surface area contributed by atoms with Crippen LogP contribution in [0.1, 0.15) is 0 Å². The minimum atomic E-state index is -0.442. The van der Waals surface area contributed by atoms with Gasteiger partial charge in [-0.3, -0.25) is 4.79 Å². The maximum absolute atomic E-state index is 13.6. The van der Waals surface area contributed by atoms with E-state index in [4.69, 9.17) is 10.5 Å². The van der Waals surface area contributed by atoms with Crippen LogP contribution in [0, 0.1) is 5.82 Å². The highest BCUT2D eigenvalue weighted by Gasteiger charge is 2.11. The van der Waals surface area contributed by atoms with Gasteiger partial charge in [-0.2, -0.15) is 0 Å². The molecular weight excluding hydrogens is 237 g/mol. The summed E-state index contributed by atoms with van der Waals surface area (Å²) in [5.41, 5.74) is 6.15. The molecule has 18 heavy (non-hydrogen) atoms. The molecule has 0 atom stereocenters. The monoisotopic (exact) mass is 255 g/mol. The zero-order valence-corrected chi connectivity index (χ0v) is 10.6. The van der Waals surface area contributed by atoms with Crippen LogP contribution >= 0.6 is 0 Å². The minimum absolute atomic E-state index is 0.0740. The SMILES string of the molecule is COCCNC(=O)CN(C)c1ccc(N)cc1F. The van der Waals surface area contributed by atoms with Crippen molar-refractivity contribution in [1.29, 1.82) is 0 Å². The van der Waals surface area contributed by atoms with Crippen LogP contribution in [0.4, 0.5) is 15.8 Å². The first-order valence-electron chi connectivity index (χ1n) is 5.56. The molecular formula is C12H18FN3O2. The van der Waals surface area contributed by atoms with E-state index in [0.717, 1.165) is 0 Å². The van der Waals surface area contributed by atoms with Crippen molar-refractivity contribution in [3.8, 4) is 0 Å². The lowest BCUT2D eigenvalue weighted by Crippen LogP contribution is -2.36. The molecule has 0 heterocycles. The van der Waals surface area contributed by atoms with E-state index >= 15 is 0 Å². The standard InChI is InChI=1S/C12H18FN3O2/c1-16(8-12(17)15-5-6-18-2)11-4-3-9(14)7-10(11)13/h3-4,7H,5-6,8,14H2,1-2H3,(H,15,17). The van der Waals surface area contributed by atoms with Gasteiger partial charge in [0.15, 0.2) is 0 Å². The Morgan fingerprint density at radius 1 is 1.56 bits per heavy atom. The number of nitrogen functional groups attached to an aromatic ring is 1. The summed E-state index contributed by atoms with van der Waals surface area (Å²) < 4.78 is 18.4. The number of anilines is 2. The van der Waals surface area contributed by atoms with Gasteiger partial charge in [-0.25, -0.2) is 4.39 Å². The number of likely N-dealkylation sites (N-methyl/N-ethyl adjacent to an activating group) is 1. The summed E-state index contributed by atoms with van der Waals surface area (Å²) in [5.74, 6) is -0.632. The van der Waals surface area contributed by atoms with Gasteiger partial charge in [-0.05, 0) is 18.2 Å². The Balaban J connectivity index is 2.54. The van der Waals surface area contributed by atoms with Crippen LogP contribution < -0.4 is 16.0 Å². The van der Waals surface area contributed by atoms with Gasteiger partial charge in [0.1, 0.15) is 5.82 Å². The summed E-state index contributed by atoms with van der Waals surface area (Å²) in [5, 5.41) is 2.66. The summed E-state index contributed by atoms with van der Waals surface area (Å²) in [6.07, 6.45) is 0. The average Bonchev–Trinajstić information content (AvgIpc) is 2.28. The van der Waals surface area contributed by atoms with Crippen LogP contribution in [0.2, 0.25) is 0 Å². The second-order valence-corrected chi connectivity index (χ2v) is 3.91. The Kier molecular flexibility index (Phi) is 5.38. The number of rotatable bonds is 6. The highest BCUT2D eigenvalue weighted by molar-refractivity contribution is 5.81. The molecule has 0 radical (unpaired) electrons. The predicted octanol–water partition coefficient (Wildman–Crippen LogP) is 0.607. The third-order valence-electron chi connectivity index (χ3n) is 2.39. The van der Waals surface area contributed by atoms with Gasteiger partial charge >= 0.3 is 0 Å². The molecule has 0 saturated heterocycles. The Labute approximate surface area is 106 Å². The molecule has 5 nitrogen and oxygen atoms in total. The zero-order chi connectivity index (χ0) is 13.5. The van der Waals surface area contributed by atoms with E-state index in [1.54, 1.807) is 26.3 Å². The molecule has 0 fully saturated rings. The average molecular weight is 255 g/mol. The number of benzene rings is 1. The van der Waals surface area contributed by atoms with E-state index in [0.29, 0.717) is 24.5 Å². The van der Waals surface area contributed by atoms with Crippen molar-refractivity contribution in [2.75, 3.05) is 44.5 Å². The van der Waals surface area contributed by atoms with E-state index in [1.165, 1.54) is 11.0 Å². The fourth-order valence-corrected chi connectivity index (χ4v) is 1.48. The largest absolute Gasteiger partial charge is 0.399 e. The quantitative estimate of drug-likeness (QED) is 0.577. The van der Waals surface area contributed by atoms with Crippen LogP contribution in [-0.2, 0) is 9.53 Å².